The number of rotatable bonds is 4. The largest absolute Gasteiger partial charge is 0.478 e. The summed E-state index contributed by atoms with van der Waals surface area (Å²) in [5.74, 6) is -1.27. The van der Waals surface area contributed by atoms with E-state index >= 15 is 0 Å². The average molecular weight is 431 g/mol. The molecule has 29 heavy (non-hydrogen) atoms. The fourth-order valence-electron chi connectivity index (χ4n) is 4.57. The van der Waals surface area contributed by atoms with Crippen molar-refractivity contribution in [2.45, 2.75) is 45.4 Å². The molecule has 2 aliphatic carbocycles. The van der Waals surface area contributed by atoms with Crippen LogP contribution in [0.2, 0.25) is 0 Å². The van der Waals surface area contributed by atoms with Crippen LogP contribution < -0.4 is 5.32 Å². The molecule has 3 heterocycles. The summed E-state index contributed by atoms with van der Waals surface area (Å²) in [6, 6.07) is 0. The number of thiophene rings is 1. The highest BCUT2D eigenvalue weighted by Crippen LogP contribution is 2.50. The van der Waals surface area contributed by atoms with Crippen LogP contribution in [-0.4, -0.2) is 35.2 Å². The Labute approximate surface area is 176 Å². The van der Waals surface area contributed by atoms with E-state index in [0.29, 0.717) is 24.8 Å². The maximum absolute atomic E-state index is 13.0. The zero-order chi connectivity index (χ0) is 20.2. The van der Waals surface area contributed by atoms with E-state index in [2.05, 4.69) is 10.3 Å². The molecule has 0 radical (unpaired) electrons. The number of aromatic nitrogens is 1. The molecule has 2 aromatic heterocycles. The predicted molar refractivity (Wildman–Crippen MR) is 113 cm³/mol. The monoisotopic (exact) mass is 430 g/mol. The van der Waals surface area contributed by atoms with Gasteiger partial charge in [0.25, 0.3) is 5.91 Å². The van der Waals surface area contributed by atoms with Crippen molar-refractivity contribution in [3.63, 3.8) is 0 Å². The third-order valence-electron chi connectivity index (χ3n) is 6.16. The van der Waals surface area contributed by atoms with Crippen LogP contribution >= 0.6 is 22.7 Å². The van der Waals surface area contributed by atoms with E-state index in [0.717, 1.165) is 53.7 Å². The number of carboxylic acids is 1. The maximum Gasteiger partial charge on any atom is 0.332 e. The Morgan fingerprint density at radius 2 is 2.03 bits per heavy atom. The number of aliphatic carboxylic acids is 1. The first-order chi connectivity index (χ1) is 14.0. The van der Waals surface area contributed by atoms with Gasteiger partial charge in [-0.05, 0) is 51.0 Å². The lowest BCUT2D eigenvalue weighted by atomic mass is 9.72. The van der Waals surface area contributed by atoms with Gasteiger partial charge in [0, 0.05) is 38.1 Å². The number of carboxylic acid groups (broad SMARTS) is 1. The summed E-state index contributed by atoms with van der Waals surface area (Å²) in [5.41, 5.74) is 4.20. The quantitative estimate of drug-likeness (QED) is 0.759. The number of nitrogens with one attached hydrogen (secondary N) is 1. The Kier molecular flexibility index (Phi) is 4.60. The number of nitrogens with zero attached hydrogens (tertiary/aromatic N) is 1. The molecule has 0 atom stereocenters. The van der Waals surface area contributed by atoms with Crippen LogP contribution in [0, 0.1) is 12.3 Å². The van der Waals surface area contributed by atoms with Crippen molar-refractivity contribution in [3.05, 3.63) is 32.7 Å². The van der Waals surface area contributed by atoms with Gasteiger partial charge in [-0.25, -0.2) is 9.78 Å². The molecule has 2 aromatic rings. The van der Waals surface area contributed by atoms with Crippen LogP contribution in [0.15, 0.2) is 16.5 Å². The van der Waals surface area contributed by atoms with Crippen molar-refractivity contribution < 1.29 is 19.4 Å². The number of carbonyl (C=O) groups is 2. The molecule has 1 spiro atoms. The molecule has 6 nitrogen and oxygen atoms in total. The zero-order valence-corrected chi connectivity index (χ0v) is 17.8. The summed E-state index contributed by atoms with van der Waals surface area (Å²) >= 11 is 3.22. The van der Waals surface area contributed by atoms with E-state index in [-0.39, 0.29) is 16.9 Å². The van der Waals surface area contributed by atoms with Crippen LogP contribution in [0.4, 0.5) is 5.00 Å². The minimum atomic E-state index is -0.985. The van der Waals surface area contributed by atoms with Gasteiger partial charge >= 0.3 is 5.97 Å². The Hall–Kier alpha value is -2.03. The number of fused-ring (bicyclic) bond motifs is 1. The third-order valence-corrected chi connectivity index (χ3v) is 8.28. The number of anilines is 1. The Morgan fingerprint density at radius 3 is 2.69 bits per heavy atom. The van der Waals surface area contributed by atoms with E-state index in [1.165, 1.54) is 10.4 Å². The third kappa shape index (κ3) is 3.23. The van der Waals surface area contributed by atoms with Gasteiger partial charge in [-0.15, -0.1) is 22.7 Å². The number of aryl methyl sites for hydroxylation is 1. The predicted octanol–water partition coefficient (Wildman–Crippen LogP) is 4.19. The SMILES string of the molecule is Cc1csc(-c2c(NC(=O)C3=C(C(=O)O)CCC3)sc3c2CCC2(COC2)C3)n1. The van der Waals surface area contributed by atoms with E-state index in [9.17, 15) is 14.7 Å². The second-order valence-corrected chi connectivity index (χ2v) is 10.2. The molecular weight excluding hydrogens is 408 g/mol. The van der Waals surface area contributed by atoms with Gasteiger partial charge in [-0.3, -0.25) is 4.79 Å². The van der Waals surface area contributed by atoms with Crippen LogP contribution in [0.1, 0.15) is 41.8 Å². The topological polar surface area (TPSA) is 88.5 Å². The first-order valence-corrected chi connectivity index (χ1v) is 11.6. The second kappa shape index (κ2) is 7.04. The first-order valence-electron chi connectivity index (χ1n) is 9.87. The second-order valence-electron chi connectivity index (χ2n) is 8.24. The minimum Gasteiger partial charge on any atom is -0.478 e. The summed E-state index contributed by atoms with van der Waals surface area (Å²) in [4.78, 5) is 30.4. The van der Waals surface area contributed by atoms with Gasteiger partial charge in [-0.2, -0.15) is 0 Å². The van der Waals surface area contributed by atoms with E-state index in [1.807, 2.05) is 12.3 Å². The summed E-state index contributed by atoms with van der Waals surface area (Å²) in [5, 5.41) is 16.2. The first kappa shape index (κ1) is 19.0. The zero-order valence-electron chi connectivity index (χ0n) is 16.2. The number of hydrogen-bond acceptors (Lipinski definition) is 6. The van der Waals surface area contributed by atoms with E-state index in [4.69, 9.17) is 4.74 Å². The van der Waals surface area contributed by atoms with Gasteiger partial charge in [0.05, 0.1) is 13.2 Å². The van der Waals surface area contributed by atoms with Gasteiger partial charge in [-0.1, -0.05) is 0 Å². The number of ether oxygens (including phenoxy) is 1. The lowest BCUT2D eigenvalue weighted by Crippen LogP contribution is -2.46. The van der Waals surface area contributed by atoms with Crippen molar-refractivity contribution in [2.75, 3.05) is 18.5 Å². The van der Waals surface area contributed by atoms with Crippen molar-refractivity contribution in [2.24, 2.45) is 5.41 Å². The molecule has 1 fully saturated rings. The Balaban J connectivity index is 1.53. The molecule has 0 unspecified atom stereocenters. The summed E-state index contributed by atoms with van der Waals surface area (Å²) in [7, 11) is 0. The van der Waals surface area contributed by atoms with Crippen molar-refractivity contribution in [1.29, 1.82) is 0 Å². The molecule has 3 aliphatic rings. The Morgan fingerprint density at radius 1 is 1.24 bits per heavy atom. The highest BCUT2D eigenvalue weighted by atomic mass is 32.1. The van der Waals surface area contributed by atoms with Crippen molar-refractivity contribution in [1.82, 2.24) is 4.98 Å². The Bertz CT molecular complexity index is 1050. The maximum atomic E-state index is 13.0. The van der Waals surface area contributed by atoms with Gasteiger partial charge in [0.15, 0.2) is 0 Å². The molecule has 152 valence electrons. The molecule has 1 aliphatic heterocycles. The molecule has 5 rings (SSSR count). The molecule has 0 aromatic carbocycles. The fraction of sp³-hybridized carbons (Fsp3) is 0.476. The molecule has 2 N–H and O–H groups in total. The van der Waals surface area contributed by atoms with Gasteiger partial charge in [0.2, 0.25) is 0 Å². The summed E-state index contributed by atoms with van der Waals surface area (Å²) < 4.78 is 5.48. The molecule has 8 heteroatoms. The van der Waals surface area contributed by atoms with Crippen LogP contribution in [-0.2, 0) is 27.2 Å². The number of carbonyl (C=O) groups excluding carboxylic acids is 1. The van der Waals surface area contributed by atoms with Crippen molar-refractivity contribution in [3.8, 4) is 10.6 Å². The highest BCUT2D eigenvalue weighted by molar-refractivity contribution is 7.18. The molecular formula is C21H22N2O4S2. The van der Waals surface area contributed by atoms with E-state index in [1.54, 1.807) is 22.7 Å². The fourth-order valence-corrected chi connectivity index (χ4v) is 6.92. The molecule has 0 bridgehead atoms. The molecule has 0 saturated carbocycles. The lowest BCUT2D eigenvalue weighted by Gasteiger charge is -2.44. The van der Waals surface area contributed by atoms with Crippen LogP contribution in [0.5, 0.6) is 0 Å². The van der Waals surface area contributed by atoms with Gasteiger partial charge in [0.1, 0.15) is 10.0 Å². The normalized spacial score (nSPS) is 19.9. The number of amides is 1. The van der Waals surface area contributed by atoms with Crippen LogP contribution in [0.25, 0.3) is 10.6 Å². The summed E-state index contributed by atoms with van der Waals surface area (Å²) in [6.07, 6.45) is 4.72. The smallest absolute Gasteiger partial charge is 0.332 e. The number of thiazole rings is 1. The minimum absolute atomic E-state index is 0.250. The summed E-state index contributed by atoms with van der Waals surface area (Å²) in [6.45, 7) is 3.60. The lowest BCUT2D eigenvalue weighted by molar-refractivity contribution is -0.133. The van der Waals surface area contributed by atoms with Gasteiger partial charge < -0.3 is 15.2 Å². The van der Waals surface area contributed by atoms with Crippen LogP contribution in [0.3, 0.4) is 0 Å². The standard InChI is InChI=1S/C21H22N2O4S2/c1-11-8-28-18(22-11)16-14-5-6-21(9-27-10-21)7-15(14)29-19(16)23-17(24)12-3-2-4-13(12)20(25)26/h8H,2-7,9-10H2,1H3,(H,23,24)(H,25,26). The van der Waals surface area contributed by atoms with Crippen molar-refractivity contribution >= 4 is 39.6 Å². The highest BCUT2D eigenvalue weighted by Gasteiger charge is 2.43. The number of hydrogen-bond donors (Lipinski definition) is 2. The van der Waals surface area contributed by atoms with E-state index < -0.39 is 5.97 Å². The molecule has 1 amide bonds. The molecule has 1 saturated heterocycles. The average Bonchev–Trinajstić information content (AvgIpc) is 3.37.